The van der Waals surface area contributed by atoms with Crippen molar-refractivity contribution in [1.29, 1.82) is 0 Å². The molecular formula is C14H17ClFN3S. The van der Waals surface area contributed by atoms with Crippen molar-refractivity contribution in [2.24, 2.45) is 0 Å². The molecule has 0 amide bonds. The Hall–Kier alpha value is -1.04. The van der Waals surface area contributed by atoms with Crippen LogP contribution in [0.1, 0.15) is 36.0 Å². The van der Waals surface area contributed by atoms with Gasteiger partial charge in [0.05, 0.1) is 10.6 Å². The Bertz CT molecular complexity index is 573. The molecule has 0 fully saturated rings. The fourth-order valence-electron chi connectivity index (χ4n) is 2.15. The number of hydrogen-bond donors (Lipinski definition) is 1. The Labute approximate surface area is 127 Å². The van der Waals surface area contributed by atoms with Crippen LogP contribution in [-0.4, -0.2) is 16.1 Å². The number of nitrogens with zero attached hydrogens (tertiary/aromatic N) is 2. The number of halogens is 2. The van der Waals surface area contributed by atoms with Gasteiger partial charge in [-0.05, 0) is 54.7 Å². The minimum absolute atomic E-state index is 0.0641. The van der Waals surface area contributed by atoms with Crippen LogP contribution in [0.5, 0.6) is 0 Å². The summed E-state index contributed by atoms with van der Waals surface area (Å²) in [7, 11) is 0. The van der Waals surface area contributed by atoms with E-state index in [1.165, 1.54) is 23.7 Å². The van der Waals surface area contributed by atoms with Crippen molar-refractivity contribution in [1.82, 2.24) is 14.9 Å². The quantitative estimate of drug-likeness (QED) is 0.881. The SMILES string of the molecule is CCNC(Cc1cc(F)ccc1Cl)c1snnc1CC. The molecule has 108 valence electrons. The van der Waals surface area contributed by atoms with Crippen molar-refractivity contribution in [3.8, 4) is 0 Å². The van der Waals surface area contributed by atoms with E-state index in [1.807, 2.05) is 6.92 Å². The van der Waals surface area contributed by atoms with Crippen LogP contribution in [0.4, 0.5) is 4.39 Å². The Kier molecular flexibility index (Phi) is 5.46. The van der Waals surface area contributed by atoms with Crippen molar-refractivity contribution in [2.45, 2.75) is 32.7 Å². The van der Waals surface area contributed by atoms with Gasteiger partial charge >= 0.3 is 0 Å². The Balaban J connectivity index is 2.27. The van der Waals surface area contributed by atoms with Gasteiger partial charge in [-0.2, -0.15) is 0 Å². The summed E-state index contributed by atoms with van der Waals surface area (Å²) in [5, 5.41) is 8.13. The molecule has 0 spiro atoms. The predicted octanol–water partition coefficient (Wildman–Crippen LogP) is 3.79. The molecule has 0 bridgehead atoms. The second-order valence-corrected chi connectivity index (χ2v) is 5.68. The van der Waals surface area contributed by atoms with Crippen LogP contribution in [-0.2, 0) is 12.8 Å². The van der Waals surface area contributed by atoms with Crippen LogP contribution in [0.3, 0.4) is 0 Å². The zero-order valence-corrected chi connectivity index (χ0v) is 13.1. The van der Waals surface area contributed by atoms with Gasteiger partial charge in [0.2, 0.25) is 0 Å². The summed E-state index contributed by atoms with van der Waals surface area (Å²) >= 11 is 7.54. The first-order valence-electron chi connectivity index (χ1n) is 6.64. The molecule has 0 aliphatic carbocycles. The highest BCUT2D eigenvalue weighted by molar-refractivity contribution is 7.05. The van der Waals surface area contributed by atoms with E-state index >= 15 is 0 Å². The standard InChI is InChI=1S/C14H17ClFN3S/c1-3-12-14(20-19-18-12)13(17-4-2)8-9-7-10(16)5-6-11(9)15/h5-7,13,17H,3-4,8H2,1-2H3. The van der Waals surface area contributed by atoms with Crippen LogP contribution in [0.25, 0.3) is 0 Å². The average Bonchev–Trinajstić information content (AvgIpc) is 2.90. The molecule has 20 heavy (non-hydrogen) atoms. The van der Waals surface area contributed by atoms with Crippen molar-refractivity contribution < 1.29 is 4.39 Å². The predicted molar refractivity (Wildman–Crippen MR) is 80.8 cm³/mol. The summed E-state index contributed by atoms with van der Waals surface area (Å²) in [6.07, 6.45) is 1.46. The highest BCUT2D eigenvalue weighted by Crippen LogP contribution is 2.27. The molecule has 3 nitrogen and oxygen atoms in total. The number of nitrogens with one attached hydrogen (secondary N) is 1. The van der Waals surface area contributed by atoms with Crippen molar-refractivity contribution >= 4 is 23.1 Å². The summed E-state index contributed by atoms with van der Waals surface area (Å²) in [6, 6.07) is 4.53. The van der Waals surface area contributed by atoms with Crippen molar-refractivity contribution in [3.05, 3.63) is 45.2 Å². The van der Waals surface area contributed by atoms with Gasteiger partial charge in [0.25, 0.3) is 0 Å². The summed E-state index contributed by atoms with van der Waals surface area (Å²) in [5.74, 6) is -0.266. The zero-order chi connectivity index (χ0) is 14.5. The molecule has 1 aromatic carbocycles. The molecule has 2 rings (SSSR count). The lowest BCUT2D eigenvalue weighted by Gasteiger charge is -2.17. The van der Waals surface area contributed by atoms with E-state index in [2.05, 4.69) is 21.8 Å². The number of aromatic nitrogens is 2. The lowest BCUT2D eigenvalue weighted by atomic mass is 10.0. The van der Waals surface area contributed by atoms with Gasteiger partial charge in [-0.25, -0.2) is 4.39 Å². The molecule has 1 aromatic heterocycles. The monoisotopic (exact) mass is 313 g/mol. The van der Waals surface area contributed by atoms with E-state index in [1.54, 1.807) is 6.07 Å². The minimum Gasteiger partial charge on any atom is -0.309 e. The molecule has 1 heterocycles. The maximum Gasteiger partial charge on any atom is 0.123 e. The van der Waals surface area contributed by atoms with Gasteiger partial charge in [-0.3, -0.25) is 0 Å². The molecule has 2 aromatic rings. The van der Waals surface area contributed by atoms with E-state index in [4.69, 9.17) is 11.6 Å². The fourth-order valence-corrected chi connectivity index (χ4v) is 3.16. The lowest BCUT2D eigenvalue weighted by Crippen LogP contribution is -2.23. The normalized spacial score (nSPS) is 12.6. The third-order valence-corrected chi connectivity index (χ3v) is 4.37. The Morgan fingerprint density at radius 1 is 1.40 bits per heavy atom. The van der Waals surface area contributed by atoms with E-state index in [0.717, 1.165) is 29.1 Å². The molecule has 0 aliphatic heterocycles. The summed E-state index contributed by atoms with van der Waals surface area (Å²) in [6.45, 7) is 4.91. The van der Waals surface area contributed by atoms with Gasteiger partial charge in [0, 0.05) is 11.1 Å². The van der Waals surface area contributed by atoms with Crippen LogP contribution in [0.2, 0.25) is 5.02 Å². The van der Waals surface area contributed by atoms with E-state index in [9.17, 15) is 4.39 Å². The molecule has 0 saturated heterocycles. The van der Waals surface area contributed by atoms with Crippen LogP contribution in [0.15, 0.2) is 18.2 Å². The third kappa shape index (κ3) is 3.53. The largest absolute Gasteiger partial charge is 0.309 e. The number of benzene rings is 1. The van der Waals surface area contributed by atoms with Gasteiger partial charge in [0.15, 0.2) is 0 Å². The van der Waals surface area contributed by atoms with E-state index in [0.29, 0.717) is 11.4 Å². The van der Waals surface area contributed by atoms with Crippen molar-refractivity contribution in [2.75, 3.05) is 6.54 Å². The summed E-state index contributed by atoms with van der Waals surface area (Å²) < 4.78 is 17.4. The van der Waals surface area contributed by atoms with Crippen molar-refractivity contribution in [3.63, 3.8) is 0 Å². The van der Waals surface area contributed by atoms with E-state index in [-0.39, 0.29) is 11.9 Å². The highest BCUT2D eigenvalue weighted by Gasteiger charge is 2.19. The van der Waals surface area contributed by atoms with Crippen LogP contribution in [0, 0.1) is 5.82 Å². The molecule has 0 aliphatic rings. The summed E-state index contributed by atoms with van der Waals surface area (Å²) in [5.41, 5.74) is 1.79. The second-order valence-electron chi connectivity index (χ2n) is 4.49. The Morgan fingerprint density at radius 2 is 2.20 bits per heavy atom. The number of hydrogen-bond acceptors (Lipinski definition) is 4. The summed E-state index contributed by atoms with van der Waals surface area (Å²) in [4.78, 5) is 1.11. The molecule has 0 radical (unpaired) electrons. The zero-order valence-electron chi connectivity index (χ0n) is 11.5. The first-order valence-corrected chi connectivity index (χ1v) is 7.79. The van der Waals surface area contributed by atoms with Gasteiger partial charge in [0.1, 0.15) is 5.82 Å². The number of rotatable bonds is 6. The molecule has 6 heteroatoms. The first kappa shape index (κ1) is 15.4. The molecule has 1 unspecified atom stereocenters. The molecule has 1 N–H and O–H groups in total. The number of aryl methyl sites for hydroxylation is 1. The van der Waals surface area contributed by atoms with Crippen LogP contribution >= 0.6 is 23.1 Å². The second kappa shape index (κ2) is 7.11. The lowest BCUT2D eigenvalue weighted by molar-refractivity contribution is 0.550. The highest BCUT2D eigenvalue weighted by atomic mass is 35.5. The number of likely N-dealkylation sites (N-methyl/N-ethyl adjacent to an activating group) is 1. The smallest absolute Gasteiger partial charge is 0.123 e. The molecule has 0 saturated carbocycles. The molecule has 1 atom stereocenters. The van der Waals surface area contributed by atoms with Crippen LogP contribution < -0.4 is 5.32 Å². The maximum absolute atomic E-state index is 13.4. The van der Waals surface area contributed by atoms with Gasteiger partial charge in [-0.15, -0.1) is 5.10 Å². The fraction of sp³-hybridized carbons (Fsp3) is 0.429. The van der Waals surface area contributed by atoms with E-state index < -0.39 is 0 Å². The first-order chi connectivity index (χ1) is 9.65. The Morgan fingerprint density at radius 3 is 2.90 bits per heavy atom. The minimum atomic E-state index is -0.266. The van der Waals surface area contributed by atoms with Gasteiger partial charge in [-0.1, -0.05) is 29.9 Å². The maximum atomic E-state index is 13.4. The molecular weight excluding hydrogens is 297 g/mol. The van der Waals surface area contributed by atoms with Gasteiger partial charge < -0.3 is 5.32 Å². The average molecular weight is 314 g/mol. The third-order valence-electron chi connectivity index (χ3n) is 3.12. The topological polar surface area (TPSA) is 37.8 Å².